The van der Waals surface area contributed by atoms with Gasteiger partial charge in [0.2, 0.25) is 0 Å². The number of amides is 1. The van der Waals surface area contributed by atoms with E-state index in [9.17, 15) is 23.1 Å². The number of aliphatic hydroxyl groups is 1. The molecule has 1 aromatic heterocycles. The summed E-state index contributed by atoms with van der Waals surface area (Å²) in [5, 5.41) is 14.2. The first-order valence-corrected chi connectivity index (χ1v) is 11.9. The average molecular weight is 463 g/mol. The molecular formula is C22H23ClN2O5S. The second-order valence-electron chi connectivity index (χ2n) is 7.25. The summed E-state index contributed by atoms with van der Waals surface area (Å²) in [5.41, 5.74) is 1.68. The molecule has 0 radical (unpaired) electrons. The number of ketones is 1. The molecule has 3 rings (SSSR count). The van der Waals surface area contributed by atoms with E-state index in [2.05, 4.69) is 10.3 Å². The Labute approximate surface area is 185 Å². The minimum Gasteiger partial charge on any atom is -0.384 e. The molecule has 0 bridgehead atoms. The molecule has 0 aliphatic carbocycles. The molecule has 0 aliphatic rings. The Kier molecular flexibility index (Phi) is 7.15. The van der Waals surface area contributed by atoms with Crippen molar-refractivity contribution < 1.29 is 23.1 Å². The van der Waals surface area contributed by atoms with Gasteiger partial charge in [-0.25, -0.2) is 8.42 Å². The highest BCUT2D eigenvalue weighted by atomic mass is 35.5. The van der Waals surface area contributed by atoms with Crippen LogP contribution in [-0.4, -0.2) is 53.9 Å². The van der Waals surface area contributed by atoms with E-state index in [1.807, 2.05) is 6.07 Å². The van der Waals surface area contributed by atoms with Crippen LogP contribution < -0.4 is 5.32 Å². The fourth-order valence-corrected chi connectivity index (χ4v) is 4.27. The van der Waals surface area contributed by atoms with Gasteiger partial charge in [-0.3, -0.25) is 9.59 Å². The molecule has 0 saturated heterocycles. The van der Waals surface area contributed by atoms with Crippen LogP contribution in [0.2, 0.25) is 5.02 Å². The molecule has 0 saturated carbocycles. The van der Waals surface area contributed by atoms with E-state index in [1.54, 1.807) is 48.5 Å². The number of carbonyl (C=O) groups excluding carboxylic acids is 2. The molecule has 2 atom stereocenters. The van der Waals surface area contributed by atoms with Crippen molar-refractivity contribution in [3.8, 4) is 0 Å². The lowest BCUT2D eigenvalue weighted by Crippen LogP contribution is -2.48. The predicted octanol–water partition coefficient (Wildman–Crippen LogP) is 2.53. The average Bonchev–Trinajstić information content (AvgIpc) is 3.16. The van der Waals surface area contributed by atoms with Crippen molar-refractivity contribution in [2.75, 3.05) is 11.5 Å². The molecule has 1 amide bonds. The van der Waals surface area contributed by atoms with E-state index in [0.717, 1.165) is 10.9 Å². The van der Waals surface area contributed by atoms with Gasteiger partial charge >= 0.3 is 0 Å². The molecule has 31 heavy (non-hydrogen) atoms. The Morgan fingerprint density at radius 1 is 1.13 bits per heavy atom. The van der Waals surface area contributed by atoms with Crippen molar-refractivity contribution >= 4 is 44.0 Å². The third-order valence-corrected chi connectivity index (χ3v) is 6.88. The number of sulfone groups is 1. The number of Topliss-reactive ketones (excluding diaryl/α,β-unsaturated/α-hetero) is 1. The van der Waals surface area contributed by atoms with E-state index in [0.29, 0.717) is 10.5 Å². The summed E-state index contributed by atoms with van der Waals surface area (Å²) >= 11 is 5.99. The molecule has 1 heterocycles. The first-order chi connectivity index (χ1) is 14.7. The molecule has 0 aliphatic heterocycles. The number of fused-ring (bicyclic) bond motifs is 1. The summed E-state index contributed by atoms with van der Waals surface area (Å²) < 4.78 is 23.7. The zero-order valence-electron chi connectivity index (χ0n) is 16.8. The van der Waals surface area contributed by atoms with Gasteiger partial charge in [0.1, 0.15) is 11.8 Å². The van der Waals surface area contributed by atoms with Gasteiger partial charge in [-0.15, -0.1) is 0 Å². The van der Waals surface area contributed by atoms with E-state index >= 15 is 0 Å². The maximum Gasteiger partial charge on any atom is 0.268 e. The first-order valence-electron chi connectivity index (χ1n) is 9.74. The van der Waals surface area contributed by atoms with Gasteiger partial charge < -0.3 is 15.4 Å². The lowest BCUT2D eigenvalue weighted by molar-refractivity contribution is -0.128. The molecular weight excluding hydrogens is 440 g/mol. The molecule has 7 nitrogen and oxygen atoms in total. The second kappa shape index (κ2) is 9.64. The van der Waals surface area contributed by atoms with Crippen molar-refractivity contribution in [1.29, 1.82) is 0 Å². The predicted molar refractivity (Wildman–Crippen MR) is 120 cm³/mol. The summed E-state index contributed by atoms with van der Waals surface area (Å²) in [6.07, 6.45) is -1.62. The summed E-state index contributed by atoms with van der Waals surface area (Å²) in [4.78, 5) is 28.7. The van der Waals surface area contributed by atoms with Crippen LogP contribution in [0.25, 0.3) is 10.9 Å². The maximum atomic E-state index is 12.9. The number of H-pyrrole nitrogens is 1. The van der Waals surface area contributed by atoms with Crippen LogP contribution in [0.3, 0.4) is 0 Å². The minimum absolute atomic E-state index is 0.112. The summed E-state index contributed by atoms with van der Waals surface area (Å²) in [7, 11) is -3.57. The molecule has 3 N–H and O–H groups in total. The molecule has 2 unspecified atom stereocenters. The van der Waals surface area contributed by atoms with Crippen LogP contribution in [0.5, 0.6) is 0 Å². The quantitative estimate of drug-likeness (QED) is 0.452. The number of aromatic nitrogens is 1. The fraction of sp³-hybridized carbons (Fsp3) is 0.273. The van der Waals surface area contributed by atoms with Crippen molar-refractivity contribution in [1.82, 2.24) is 10.3 Å². The van der Waals surface area contributed by atoms with Gasteiger partial charge in [0.05, 0.1) is 11.8 Å². The topological polar surface area (TPSA) is 116 Å². The van der Waals surface area contributed by atoms with Gasteiger partial charge in [-0.1, -0.05) is 48.9 Å². The van der Waals surface area contributed by atoms with Gasteiger partial charge in [-0.05, 0) is 36.2 Å². The minimum atomic E-state index is -3.57. The molecule has 2 aromatic carbocycles. The molecule has 164 valence electrons. The summed E-state index contributed by atoms with van der Waals surface area (Å²) in [6, 6.07) is 14.6. The number of carbonyl (C=O) groups is 2. The number of aromatic amines is 1. The Bertz CT molecular complexity index is 1190. The van der Waals surface area contributed by atoms with Crippen molar-refractivity contribution in [3.05, 3.63) is 70.9 Å². The number of rotatable bonds is 9. The summed E-state index contributed by atoms with van der Waals surface area (Å²) in [5.74, 6) is -2.18. The Balaban J connectivity index is 1.84. The number of hydrogen-bond acceptors (Lipinski definition) is 5. The highest BCUT2D eigenvalue weighted by Crippen LogP contribution is 2.20. The zero-order chi connectivity index (χ0) is 22.6. The van der Waals surface area contributed by atoms with Gasteiger partial charge in [0.15, 0.2) is 15.6 Å². The lowest BCUT2D eigenvalue weighted by Gasteiger charge is -2.20. The summed E-state index contributed by atoms with van der Waals surface area (Å²) in [6.45, 7) is 1.44. The Morgan fingerprint density at radius 3 is 2.52 bits per heavy atom. The number of hydrogen-bond donors (Lipinski definition) is 3. The van der Waals surface area contributed by atoms with E-state index in [4.69, 9.17) is 11.6 Å². The molecule has 0 fully saturated rings. The van der Waals surface area contributed by atoms with Crippen LogP contribution in [0.4, 0.5) is 0 Å². The molecule has 3 aromatic rings. The SMILES string of the molecule is CCS(=O)(=O)CC(O)C(=O)C(Cc1ccccc1)NC(=O)c1cc2cc(Cl)ccc2[nH]1. The van der Waals surface area contributed by atoms with Crippen molar-refractivity contribution in [2.45, 2.75) is 25.5 Å². The van der Waals surface area contributed by atoms with E-state index < -0.39 is 39.4 Å². The number of nitrogens with one attached hydrogen (secondary N) is 2. The van der Waals surface area contributed by atoms with Gasteiger partial charge in [0, 0.05) is 21.7 Å². The highest BCUT2D eigenvalue weighted by Gasteiger charge is 2.30. The van der Waals surface area contributed by atoms with Crippen molar-refractivity contribution in [3.63, 3.8) is 0 Å². The standard InChI is InChI=1S/C22H23ClN2O5S/c1-2-31(29,30)13-20(26)21(27)18(10-14-6-4-3-5-7-14)25-22(28)19-12-15-11-16(23)8-9-17(15)24-19/h3-9,11-12,18,20,24,26H,2,10,13H2,1H3,(H,25,28). The van der Waals surface area contributed by atoms with Crippen LogP contribution in [0, 0.1) is 0 Å². The zero-order valence-corrected chi connectivity index (χ0v) is 18.4. The maximum absolute atomic E-state index is 12.9. The highest BCUT2D eigenvalue weighted by molar-refractivity contribution is 7.91. The smallest absolute Gasteiger partial charge is 0.268 e. The Morgan fingerprint density at radius 2 is 1.84 bits per heavy atom. The largest absolute Gasteiger partial charge is 0.384 e. The number of halogens is 1. The number of aliphatic hydroxyl groups excluding tert-OH is 1. The third-order valence-electron chi connectivity index (χ3n) is 4.94. The second-order valence-corrected chi connectivity index (χ2v) is 10.1. The third kappa shape index (κ3) is 5.94. The lowest BCUT2D eigenvalue weighted by atomic mass is 9.99. The van der Waals surface area contributed by atoms with Crippen LogP contribution in [-0.2, 0) is 21.1 Å². The van der Waals surface area contributed by atoms with Crippen LogP contribution in [0.15, 0.2) is 54.6 Å². The first kappa shape index (κ1) is 23.0. The van der Waals surface area contributed by atoms with E-state index in [-0.39, 0.29) is 17.9 Å². The van der Waals surface area contributed by atoms with E-state index in [1.165, 1.54) is 6.92 Å². The number of benzene rings is 2. The van der Waals surface area contributed by atoms with Crippen LogP contribution >= 0.6 is 11.6 Å². The van der Waals surface area contributed by atoms with Crippen molar-refractivity contribution in [2.24, 2.45) is 0 Å². The Hall–Kier alpha value is -2.68. The normalized spacial score (nSPS) is 13.6. The fourth-order valence-electron chi connectivity index (χ4n) is 3.21. The monoisotopic (exact) mass is 462 g/mol. The van der Waals surface area contributed by atoms with Gasteiger partial charge in [-0.2, -0.15) is 0 Å². The molecule has 0 spiro atoms. The van der Waals surface area contributed by atoms with Gasteiger partial charge in [0.25, 0.3) is 5.91 Å². The van der Waals surface area contributed by atoms with Crippen LogP contribution in [0.1, 0.15) is 23.0 Å². The molecule has 9 heteroatoms.